The average molecular weight is 210 g/mol. The van der Waals surface area contributed by atoms with E-state index in [2.05, 4.69) is 0 Å². The van der Waals surface area contributed by atoms with Crippen LogP contribution in [0.5, 0.6) is 0 Å². The summed E-state index contributed by atoms with van der Waals surface area (Å²) >= 11 is 0. The van der Waals surface area contributed by atoms with E-state index in [1.54, 1.807) is 0 Å². The Balaban J connectivity index is 2.75. The van der Waals surface area contributed by atoms with Crippen molar-refractivity contribution in [3.05, 3.63) is 0 Å². The van der Waals surface area contributed by atoms with E-state index < -0.39 is 11.8 Å². The molecule has 1 nitrogen and oxygen atoms in total. The van der Waals surface area contributed by atoms with Crippen molar-refractivity contribution in [3.8, 4) is 0 Å². The number of hydrogen-bond donors (Lipinski definition) is 1. The Labute approximate surface area is 82.3 Å². The zero-order valence-electron chi connectivity index (χ0n) is 8.62. The van der Waals surface area contributed by atoms with Gasteiger partial charge in [-0.2, -0.15) is 13.2 Å². The van der Waals surface area contributed by atoms with Crippen molar-refractivity contribution in [1.29, 1.82) is 0 Å². The standard InChI is InChI=1S/C10H17F3O/c1-8(2)4-3-5-9(14,7-6-8)10(11,12)13/h14H,3-7H2,1-2H3. The molecule has 1 saturated carbocycles. The van der Waals surface area contributed by atoms with Gasteiger partial charge in [-0.05, 0) is 37.5 Å². The van der Waals surface area contributed by atoms with E-state index >= 15 is 0 Å². The van der Waals surface area contributed by atoms with E-state index in [4.69, 9.17) is 0 Å². The van der Waals surface area contributed by atoms with E-state index in [0.29, 0.717) is 12.8 Å². The lowest BCUT2D eigenvalue weighted by Gasteiger charge is -2.29. The summed E-state index contributed by atoms with van der Waals surface area (Å²) in [6, 6.07) is 0. The lowest BCUT2D eigenvalue weighted by molar-refractivity contribution is -0.264. The summed E-state index contributed by atoms with van der Waals surface area (Å²) in [4.78, 5) is 0. The first kappa shape index (κ1) is 11.8. The van der Waals surface area contributed by atoms with Crippen LogP contribution in [0.15, 0.2) is 0 Å². The molecule has 0 aromatic heterocycles. The van der Waals surface area contributed by atoms with Crippen molar-refractivity contribution in [2.75, 3.05) is 0 Å². The molecule has 0 amide bonds. The number of halogens is 3. The van der Waals surface area contributed by atoms with Crippen LogP contribution in [0.2, 0.25) is 0 Å². The molecule has 0 bridgehead atoms. The molecule has 1 aliphatic carbocycles. The fraction of sp³-hybridized carbons (Fsp3) is 1.00. The summed E-state index contributed by atoms with van der Waals surface area (Å²) in [6.07, 6.45) is -3.16. The van der Waals surface area contributed by atoms with Gasteiger partial charge in [0.15, 0.2) is 5.60 Å². The zero-order chi connectivity index (χ0) is 11.0. The highest BCUT2D eigenvalue weighted by Gasteiger charge is 2.54. The molecule has 84 valence electrons. The van der Waals surface area contributed by atoms with Crippen LogP contribution < -0.4 is 0 Å². The third-order valence-electron chi connectivity index (χ3n) is 3.19. The number of aliphatic hydroxyl groups is 1. The third-order valence-corrected chi connectivity index (χ3v) is 3.19. The Kier molecular flexibility index (Phi) is 2.87. The Morgan fingerprint density at radius 3 is 2.07 bits per heavy atom. The zero-order valence-corrected chi connectivity index (χ0v) is 8.62. The molecule has 1 aliphatic rings. The molecule has 0 heterocycles. The van der Waals surface area contributed by atoms with Gasteiger partial charge in [-0.3, -0.25) is 0 Å². The lowest BCUT2D eigenvalue weighted by atomic mass is 9.84. The first-order valence-corrected chi connectivity index (χ1v) is 4.95. The molecule has 0 spiro atoms. The molecular formula is C10H17F3O. The number of hydrogen-bond acceptors (Lipinski definition) is 1. The van der Waals surface area contributed by atoms with Crippen LogP contribution in [0.25, 0.3) is 0 Å². The molecule has 1 N–H and O–H groups in total. The van der Waals surface area contributed by atoms with E-state index in [9.17, 15) is 18.3 Å². The van der Waals surface area contributed by atoms with Crippen molar-refractivity contribution < 1.29 is 18.3 Å². The largest absolute Gasteiger partial charge is 0.417 e. The Bertz CT molecular complexity index is 210. The monoisotopic (exact) mass is 210 g/mol. The van der Waals surface area contributed by atoms with Gasteiger partial charge >= 0.3 is 6.18 Å². The van der Waals surface area contributed by atoms with E-state index in [1.165, 1.54) is 0 Å². The van der Waals surface area contributed by atoms with Gasteiger partial charge in [0.2, 0.25) is 0 Å². The summed E-state index contributed by atoms with van der Waals surface area (Å²) in [5, 5.41) is 9.50. The normalized spacial score (nSPS) is 33.9. The molecule has 1 rings (SSSR count). The maximum Gasteiger partial charge on any atom is 0.417 e. The smallest absolute Gasteiger partial charge is 0.380 e. The molecule has 0 aromatic rings. The number of alkyl halides is 3. The molecular weight excluding hydrogens is 193 g/mol. The van der Waals surface area contributed by atoms with Gasteiger partial charge in [0, 0.05) is 0 Å². The van der Waals surface area contributed by atoms with Crippen LogP contribution in [0, 0.1) is 5.41 Å². The molecule has 4 heteroatoms. The summed E-state index contributed by atoms with van der Waals surface area (Å²) in [7, 11) is 0. The minimum atomic E-state index is -4.48. The summed E-state index contributed by atoms with van der Waals surface area (Å²) in [5.41, 5.74) is -2.52. The van der Waals surface area contributed by atoms with Crippen molar-refractivity contribution >= 4 is 0 Å². The molecule has 1 unspecified atom stereocenters. The van der Waals surface area contributed by atoms with Crippen LogP contribution in [0.3, 0.4) is 0 Å². The molecule has 0 radical (unpaired) electrons. The van der Waals surface area contributed by atoms with Gasteiger partial charge < -0.3 is 5.11 Å². The molecule has 0 aromatic carbocycles. The molecule has 14 heavy (non-hydrogen) atoms. The highest BCUT2D eigenvalue weighted by molar-refractivity contribution is 4.91. The molecule has 0 aliphatic heterocycles. The highest BCUT2D eigenvalue weighted by Crippen LogP contribution is 2.45. The average Bonchev–Trinajstić information content (AvgIpc) is 2.10. The van der Waals surface area contributed by atoms with E-state index in [-0.39, 0.29) is 18.3 Å². The Morgan fingerprint density at radius 1 is 1.00 bits per heavy atom. The minimum absolute atomic E-state index is 0.0737. The first-order chi connectivity index (χ1) is 6.16. The van der Waals surface area contributed by atoms with Crippen molar-refractivity contribution in [2.24, 2.45) is 5.41 Å². The van der Waals surface area contributed by atoms with Crippen LogP contribution in [0.4, 0.5) is 13.2 Å². The van der Waals surface area contributed by atoms with Gasteiger partial charge in [0.1, 0.15) is 0 Å². The second-order valence-electron chi connectivity index (χ2n) is 5.05. The second kappa shape index (κ2) is 3.40. The minimum Gasteiger partial charge on any atom is -0.380 e. The van der Waals surface area contributed by atoms with Gasteiger partial charge in [-0.15, -0.1) is 0 Å². The lowest BCUT2D eigenvalue weighted by Crippen LogP contribution is -2.44. The Morgan fingerprint density at radius 2 is 1.57 bits per heavy atom. The molecule has 1 atom stereocenters. The Hall–Kier alpha value is -0.250. The van der Waals surface area contributed by atoms with Gasteiger partial charge in [-0.25, -0.2) is 0 Å². The maximum atomic E-state index is 12.5. The van der Waals surface area contributed by atoms with E-state index in [1.807, 2.05) is 13.8 Å². The second-order valence-corrected chi connectivity index (χ2v) is 5.05. The predicted molar refractivity (Wildman–Crippen MR) is 47.9 cm³/mol. The predicted octanol–water partition coefficient (Wildman–Crippen LogP) is 3.27. The van der Waals surface area contributed by atoms with Gasteiger partial charge in [0.05, 0.1) is 0 Å². The fourth-order valence-electron chi connectivity index (χ4n) is 1.94. The summed E-state index contributed by atoms with van der Waals surface area (Å²) in [5.74, 6) is 0. The highest BCUT2D eigenvalue weighted by atomic mass is 19.4. The molecule has 1 fully saturated rings. The maximum absolute atomic E-state index is 12.5. The van der Waals surface area contributed by atoms with Crippen molar-refractivity contribution in [3.63, 3.8) is 0 Å². The first-order valence-electron chi connectivity index (χ1n) is 4.95. The third kappa shape index (κ3) is 2.41. The summed E-state index contributed by atoms with van der Waals surface area (Å²) < 4.78 is 37.5. The van der Waals surface area contributed by atoms with Crippen LogP contribution in [-0.2, 0) is 0 Å². The fourth-order valence-corrected chi connectivity index (χ4v) is 1.94. The SMILES string of the molecule is CC1(C)CCCC(O)(C(F)(F)F)CC1. The molecule has 0 saturated heterocycles. The van der Waals surface area contributed by atoms with Crippen LogP contribution >= 0.6 is 0 Å². The van der Waals surface area contributed by atoms with Crippen LogP contribution in [0.1, 0.15) is 46.0 Å². The van der Waals surface area contributed by atoms with E-state index in [0.717, 1.165) is 6.42 Å². The van der Waals surface area contributed by atoms with Gasteiger partial charge in [0.25, 0.3) is 0 Å². The van der Waals surface area contributed by atoms with Gasteiger partial charge in [-0.1, -0.05) is 13.8 Å². The summed E-state index contributed by atoms with van der Waals surface area (Å²) in [6.45, 7) is 3.91. The van der Waals surface area contributed by atoms with Crippen molar-refractivity contribution in [2.45, 2.75) is 57.7 Å². The number of rotatable bonds is 0. The van der Waals surface area contributed by atoms with Crippen molar-refractivity contribution in [1.82, 2.24) is 0 Å². The van der Waals surface area contributed by atoms with Crippen LogP contribution in [-0.4, -0.2) is 16.9 Å². The quantitative estimate of drug-likeness (QED) is 0.608. The topological polar surface area (TPSA) is 20.2 Å².